The van der Waals surface area contributed by atoms with Crippen molar-refractivity contribution >= 4 is 5.97 Å². The van der Waals surface area contributed by atoms with Crippen LogP contribution in [0.4, 0.5) is 0 Å². The predicted octanol–water partition coefficient (Wildman–Crippen LogP) is 0.793. The average molecular weight is 335 g/mol. The number of aromatic amines is 1. The minimum atomic E-state index is -0.873. The normalized spacial score (nSPS) is 13.4. The number of hydrogen-bond donors (Lipinski definition) is 3. The maximum Gasteiger partial charge on any atom is 0.307 e. The molecule has 0 radical (unpaired) electrons. The van der Waals surface area contributed by atoms with E-state index in [1.807, 2.05) is 13.0 Å². The van der Waals surface area contributed by atoms with E-state index in [1.165, 1.54) is 0 Å². The van der Waals surface area contributed by atoms with Gasteiger partial charge in [-0.25, -0.2) is 4.98 Å². The lowest BCUT2D eigenvalue weighted by atomic mass is 9.83. The van der Waals surface area contributed by atoms with E-state index < -0.39 is 17.8 Å². The van der Waals surface area contributed by atoms with Crippen LogP contribution in [0.25, 0.3) is 0 Å². The van der Waals surface area contributed by atoms with Crippen molar-refractivity contribution in [1.29, 1.82) is 0 Å². The van der Waals surface area contributed by atoms with Gasteiger partial charge in [0.15, 0.2) is 5.82 Å². The lowest BCUT2D eigenvalue weighted by Crippen LogP contribution is -2.25. The molecule has 2 aromatic rings. The quantitative estimate of drug-likeness (QED) is 0.580. The number of aliphatic hydroxyl groups excluding tert-OH is 1. The summed E-state index contributed by atoms with van der Waals surface area (Å²) in [6.07, 6.45) is 3.34. The van der Waals surface area contributed by atoms with E-state index in [4.69, 9.17) is 9.84 Å². The van der Waals surface area contributed by atoms with E-state index in [-0.39, 0.29) is 13.2 Å². The molecule has 0 aromatic carbocycles. The van der Waals surface area contributed by atoms with Crippen molar-refractivity contribution in [3.05, 3.63) is 29.7 Å². The van der Waals surface area contributed by atoms with Gasteiger partial charge in [0.1, 0.15) is 6.61 Å². The highest BCUT2D eigenvalue weighted by Crippen LogP contribution is 2.29. The van der Waals surface area contributed by atoms with Gasteiger partial charge >= 0.3 is 5.97 Å². The number of pyridine rings is 1. The molecule has 2 rings (SSSR count). The molecular weight excluding hydrogens is 314 g/mol. The molecule has 0 aliphatic carbocycles. The third-order valence-corrected chi connectivity index (χ3v) is 3.69. The molecule has 0 bridgehead atoms. The number of H-pyrrole nitrogens is 1. The highest BCUT2D eigenvalue weighted by atomic mass is 16.5. The van der Waals surface area contributed by atoms with Crippen LogP contribution in [-0.4, -0.2) is 55.0 Å². The molecule has 0 spiro atoms. The minimum absolute atomic E-state index is 0.0827. The summed E-state index contributed by atoms with van der Waals surface area (Å²) < 4.78 is 5.22. The van der Waals surface area contributed by atoms with Crippen molar-refractivity contribution in [1.82, 2.24) is 25.6 Å². The number of tetrazole rings is 1. The zero-order valence-electron chi connectivity index (χ0n) is 13.4. The van der Waals surface area contributed by atoms with Gasteiger partial charge < -0.3 is 14.9 Å². The molecule has 2 atom stereocenters. The summed E-state index contributed by atoms with van der Waals surface area (Å²) in [5, 5.41) is 32.2. The van der Waals surface area contributed by atoms with Gasteiger partial charge in [-0.2, -0.15) is 5.21 Å². The Kier molecular flexibility index (Phi) is 6.62. The van der Waals surface area contributed by atoms with Crippen LogP contribution in [0.2, 0.25) is 0 Å². The molecule has 24 heavy (non-hydrogen) atoms. The number of ether oxygens (including phenoxy) is 1. The third-order valence-electron chi connectivity index (χ3n) is 3.69. The zero-order valence-corrected chi connectivity index (χ0v) is 13.4. The first kappa shape index (κ1) is 17.8. The number of nitrogens with zero attached hydrogens (tertiary/aromatic N) is 4. The summed E-state index contributed by atoms with van der Waals surface area (Å²) in [6, 6.07) is 3.51. The minimum Gasteiger partial charge on any atom is -0.481 e. The Labute approximate surface area is 139 Å². The third kappa shape index (κ3) is 4.72. The Hall–Kier alpha value is -2.55. The van der Waals surface area contributed by atoms with Crippen molar-refractivity contribution < 1.29 is 19.7 Å². The molecule has 0 aliphatic heterocycles. The van der Waals surface area contributed by atoms with Gasteiger partial charge in [-0.1, -0.05) is 24.6 Å². The number of aromatic nitrogens is 5. The first-order valence-corrected chi connectivity index (χ1v) is 7.80. The highest BCUT2D eigenvalue weighted by molar-refractivity contribution is 5.71. The Morgan fingerprint density at radius 3 is 2.79 bits per heavy atom. The second kappa shape index (κ2) is 8.92. The molecule has 130 valence electrons. The molecule has 0 fully saturated rings. The maximum atomic E-state index is 11.6. The Bertz CT molecular complexity index is 617. The number of carboxylic acid groups (broad SMARTS) is 1. The molecule has 0 unspecified atom stereocenters. The standard InChI is InChI=1S/C15H21N5O4/c1-2-3-11(15(22)23)12(14-17-19-20-18-14)8-10-4-5-13(16-9-10)24-7-6-21/h4-5,9,11-12,21H,2-3,6-8H2,1H3,(H,22,23)(H,17,18,19,20)/t11-,12-/m0/s1. The number of nitrogens with one attached hydrogen (secondary N) is 1. The SMILES string of the molecule is CCC[C@H](C(=O)O)[C@H](Cc1ccc(OCCO)nc1)c1nn[nH]n1. The summed E-state index contributed by atoms with van der Waals surface area (Å²) in [7, 11) is 0. The molecule has 2 heterocycles. The number of hydrogen-bond acceptors (Lipinski definition) is 7. The Morgan fingerprint density at radius 1 is 1.42 bits per heavy atom. The predicted molar refractivity (Wildman–Crippen MR) is 83.5 cm³/mol. The molecule has 9 heteroatoms. The summed E-state index contributed by atoms with van der Waals surface area (Å²) in [5.74, 6) is -1.07. The molecule has 0 amide bonds. The largest absolute Gasteiger partial charge is 0.481 e. The van der Waals surface area contributed by atoms with Gasteiger partial charge in [-0.05, 0) is 18.4 Å². The van der Waals surface area contributed by atoms with Crippen LogP contribution in [0.5, 0.6) is 5.88 Å². The molecule has 0 aliphatic rings. The number of rotatable bonds is 10. The summed E-state index contributed by atoms with van der Waals surface area (Å²) >= 11 is 0. The second-order valence-corrected chi connectivity index (χ2v) is 5.39. The first-order valence-electron chi connectivity index (χ1n) is 7.80. The molecule has 0 saturated heterocycles. The summed E-state index contributed by atoms with van der Waals surface area (Å²) in [4.78, 5) is 15.8. The molecular formula is C15H21N5O4. The fourth-order valence-electron chi connectivity index (χ4n) is 2.57. The van der Waals surface area contributed by atoms with E-state index in [0.29, 0.717) is 24.5 Å². The van der Waals surface area contributed by atoms with Crippen LogP contribution in [0.1, 0.15) is 37.1 Å². The van der Waals surface area contributed by atoms with Crippen molar-refractivity contribution in [2.75, 3.05) is 13.2 Å². The van der Waals surface area contributed by atoms with Gasteiger partial charge in [0.05, 0.1) is 12.5 Å². The zero-order chi connectivity index (χ0) is 17.4. The lowest BCUT2D eigenvalue weighted by Gasteiger charge is -2.20. The second-order valence-electron chi connectivity index (χ2n) is 5.39. The highest BCUT2D eigenvalue weighted by Gasteiger charge is 2.32. The van der Waals surface area contributed by atoms with Crippen LogP contribution in [-0.2, 0) is 11.2 Å². The fraction of sp³-hybridized carbons (Fsp3) is 0.533. The molecule has 2 aromatic heterocycles. The van der Waals surface area contributed by atoms with Gasteiger partial charge in [0.2, 0.25) is 5.88 Å². The van der Waals surface area contributed by atoms with E-state index in [9.17, 15) is 9.90 Å². The van der Waals surface area contributed by atoms with Crippen molar-refractivity contribution in [2.45, 2.75) is 32.1 Å². The van der Waals surface area contributed by atoms with Crippen LogP contribution >= 0.6 is 0 Å². The summed E-state index contributed by atoms with van der Waals surface area (Å²) in [5.41, 5.74) is 0.850. The van der Waals surface area contributed by atoms with Crippen LogP contribution in [0.3, 0.4) is 0 Å². The first-order chi connectivity index (χ1) is 11.7. The number of aliphatic carboxylic acids is 1. The van der Waals surface area contributed by atoms with E-state index in [0.717, 1.165) is 12.0 Å². The lowest BCUT2D eigenvalue weighted by molar-refractivity contribution is -0.142. The molecule has 9 nitrogen and oxygen atoms in total. The Morgan fingerprint density at radius 2 is 2.25 bits per heavy atom. The van der Waals surface area contributed by atoms with Gasteiger partial charge in [-0.3, -0.25) is 4.79 Å². The van der Waals surface area contributed by atoms with Crippen molar-refractivity contribution in [3.63, 3.8) is 0 Å². The summed E-state index contributed by atoms with van der Waals surface area (Å²) in [6.45, 7) is 2.04. The van der Waals surface area contributed by atoms with Crippen molar-refractivity contribution in [2.24, 2.45) is 5.92 Å². The van der Waals surface area contributed by atoms with Crippen LogP contribution < -0.4 is 4.74 Å². The van der Waals surface area contributed by atoms with Crippen LogP contribution in [0, 0.1) is 5.92 Å². The van der Waals surface area contributed by atoms with E-state index in [1.54, 1.807) is 12.3 Å². The number of carboxylic acids is 1. The monoisotopic (exact) mass is 335 g/mol. The number of aliphatic hydroxyl groups is 1. The Balaban J connectivity index is 2.17. The maximum absolute atomic E-state index is 11.6. The average Bonchev–Trinajstić information content (AvgIpc) is 3.11. The van der Waals surface area contributed by atoms with Crippen molar-refractivity contribution in [3.8, 4) is 5.88 Å². The smallest absolute Gasteiger partial charge is 0.307 e. The number of carbonyl (C=O) groups is 1. The van der Waals surface area contributed by atoms with E-state index in [2.05, 4.69) is 25.6 Å². The van der Waals surface area contributed by atoms with E-state index >= 15 is 0 Å². The van der Waals surface area contributed by atoms with Gasteiger partial charge in [0.25, 0.3) is 0 Å². The molecule has 0 saturated carbocycles. The van der Waals surface area contributed by atoms with Gasteiger partial charge in [-0.15, -0.1) is 10.2 Å². The fourth-order valence-corrected chi connectivity index (χ4v) is 2.57. The molecule has 3 N–H and O–H groups in total. The topological polar surface area (TPSA) is 134 Å². The van der Waals surface area contributed by atoms with Crippen LogP contribution in [0.15, 0.2) is 18.3 Å². The van der Waals surface area contributed by atoms with Gasteiger partial charge in [0, 0.05) is 18.2 Å².